The van der Waals surface area contributed by atoms with Crippen molar-refractivity contribution in [2.75, 3.05) is 11.5 Å². The van der Waals surface area contributed by atoms with Gasteiger partial charge in [-0.05, 0) is 71.1 Å². The lowest BCUT2D eigenvalue weighted by atomic mass is 10.1. The van der Waals surface area contributed by atoms with Crippen LogP contribution in [0.4, 0.5) is 0 Å². The first-order chi connectivity index (χ1) is 15.6. The number of aromatic hydroxyl groups is 2. The number of phenols is 2. The molecule has 1 aromatic carbocycles. The van der Waals surface area contributed by atoms with Gasteiger partial charge in [-0.25, -0.2) is 4.79 Å². The highest BCUT2D eigenvalue weighted by Crippen LogP contribution is 2.25. The van der Waals surface area contributed by atoms with E-state index in [1.165, 1.54) is 46.7 Å². The number of carbonyl (C=O) groups excluding carboxylic acids is 1. The molecule has 0 heterocycles. The predicted octanol–water partition coefficient (Wildman–Crippen LogP) is 5.36. The molecule has 6 nitrogen and oxygen atoms in total. The lowest BCUT2D eigenvalue weighted by molar-refractivity contribution is -0.141. The molecule has 1 atom stereocenters. The van der Waals surface area contributed by atoms with Crippen molar-refractivity contribution in [1.29, 1.82) is 0 Å². The van der Waals surface area contributed by atoms with Crippen molar-refractivity contribution < 1.29 is 24.9 Å². The van der Waals surface area contributed by atoms with Gasteiger partial charge >= 0.3 is 5.97 Å². The van der Waals surface area contributed by atoms with E-state index in [0.29, 0.717) is 11.3 Å². The van der Waals surface area contributed by atoms with E-state index in [0.717, 1.165) is 25.7 Å². The van der Waals surface area contributed by atoms with Crippen LogP contribution >= 0.6 is 11.8 Å². The van der Waals surface area contributed by atoms with E-state index in [9.17, 15) is 24.9 Å². The summed E-state index contributed by atoms with van der Waals surface area (Å²) in [7, 11) is 0. The van der Waals surface area contributed by atoms with Crippen molar-refractivity contribution in [2.45, 2.75) is 65.8 Å². The van der Waals surface area contributed by atoms with Gasteiger partial charge in [-0.15, -0.1) is 0 Å². The minimum absolute atomic E-state index is 0.0808. The summed E-state index contributed by atoms with van der Waals surface area (Å²) in [6.45, 7) is 8.47. The minimum atomic E-state index is -1.08. The van der Waals surface area contributed by atoms with Gasteiger partial charge in [0.15, 0.2) is 11.5 Å². The Kier molecular flexibility index (Phi) is 13.1. The number of allylic oxidation sites excluding steroid dienone is 5. The largest absolute Gasteiger partial charge is 0.504 e. The van der Waals surface area contributed by atoms with Crippen LogP contribution in [0.25, 0.3) is 0 Å². The molecule has 7 heteroatoms. The van der Waals surface area contributed by atoms with Crippen molar-refractivity contribution in [2.24, 2.45) is 0 Å². The van der Waals surface area contributed by atoms with E-state index in [1.807, 2.05) is 0 Å². The van der Waals surface area contributed by atoms with Gasteiger partial charge in [0.05, 0.1) is 6.42 Å². The highest BCUT2D eigenvalue weighted by molar-refractivity contribution is 7.99. The highest BCUT2D eigenvalue weighted by atomic mass is 32.2. The molecule has 0 radical (unpaired) electrons. The molecular weight excluding hydrogens is 438 g/mol. The molecule has 0 spiro atoms. The molecule has 33 heavy (non-hydrogen) atoms. The maximum absolute atomic E-state index is 12.2. The van der Waals surface area contributed by atoms with Gasteiger partial charge in [-0.2, -0.15) is 11.8 Å². The van der Waals surface area contributed by atoms with Crippen LogP contribution in [0.1, 0.15) is 58.9 Å². The average molecular weight is 476 g/mol. The van der Waals surface area contributed by atoms with E-state index >= 15 is 0 Å². The molecule has 0 aromatic heterocycles. The van der Waals surface area contributed by atoms with Gasteiger partial charge in [0.25, 0.3) is 0 Å². The van der Waals surface area contributed by atoms with Crippen LogP contribution < -0.4 is 5.32 Å². The number of carboxylic acid groups (broad SMARTS) is 1. The summed E-state index contributed by atoms with van der Waals surface area (Å²) in [5.41, 5.74) is 4.50. The van der Waals surface area contributed by atoms with Crippen LogP contribution in [0.5, 0.6) is 11.5 Å². The van der Waals surface area contributed by atoms with Crippen LogP contribution in [-0.4, -0.2) is 44.7 Å². The number of benzene rings is 1. The molecule has 0 aliphatic rings. The van der Waals surface area contributed by atoms with Crippen LogP contribution in [0, 0.1) is 0 Å². The molecular formula is C26H37NO5S. The van der Waals surface area contributed by atoms with Crippen LogP contribution in [0.2, 0.25) is 0 Å². The van der Waals surface area contributed by atoms with E-state index in [-0.39, 0.29) is 23.7 Å². The fourth-order valence-electron chi connectivity index (χ4n) is 3.01. The van der Waals surface area contributed by atoms with Gasteiger partial charge in [0.1, 0.15) is 6.04 Å². The van der Waals surface area contributed by atoms with E-state index in [4.69, 9.17) is 0 Å². The Morgan fingerprint density at radius 3 is 2.21 bits per heavy atom. The topological polar surface area (TPSA) is 107 Å². The second-order valence-corrected chi connectivity index (χ2v) is 9.53. The standard InChI is InChI=1S/C26H37NO5S/c1-18(2)7-5-8-19(3)9-6-10-20(4)13-14-33-17-22(26(31)32)27-25(30)16-21-11-12-23(28)24(29)15-21/h7,9,11-13,15,22,28-29H,5-6,8,10,14,16-17H2,1-4H3,(H,27,30)(H,31,32)/t22-/m0/s1. The second-order valence-electron chi connectivity index (χ2n) is 8.46. The Morgan fingerprint density at radius 1 is 0.970 bits per heavy atom. The van der Waals surface area contributed by atoms with Gasteiger partial charge in [0.2, 0.25) is 5.91 Å². The Hall–Kier alpha value is -2.67. The van der Waals surface area contributed by atoms with Crippen molar-refractivity contribution in [1.82, 2.24) is 5.32 Å². The van der Waals surface area contributed by atoms with E-state index < -0.39 is 17.9 Å². The molecule has 0 bridgehead atoms. The Bertz CT molecular complexity index is 885. The summed E-state index contributed by atoms with van der Waals surface area (Å²) in [5.74, 6) is -1.18. The SMILES string of the molecule is CC(C)=CCCC(C)=CCCC(C)=CCSC[C@H](NC(=O)Cc1ccc(O)c(O)c1)C(=O)O. The quantitative estimate of drug-likeness (QED) is 0.164. The van der Waals surface area contributed by atoms with Gasteiger partial charge in [0, 0.05) is 11.5 Å². The maximum atomic E-state index is 12.2. The van der Waals surface area contributed by atoms with Gasteiger partial charge in [-0.1, -0.05) is 41.0 Å². The van der Waals surface area contributed by atoms with Crippen LogP contribution in [0.15, 0.2) is 53.1 Å². The maximum Gasteiger partial charge on any atom is 0.327 e. The predicted molar refractivity (Wildman–Crippen MR) is 136 cm³/mol. The Labute approximate surface area is 201 Å². The summed E-state index contributed by atoms with van der Waals surface area (Å²) in [6, 6.07) is 3.09. The molecule has 0 saturated carbocycles. The number of rotatable bonds is 14. The third-order valence-electron chi connectivity index (χ3n) is 4.99. The summed E-state index contributed by atoms with van der Waals surface area (Å²) >= 11 is 1.46. The zero-order valence-corrected chi connectivity index (χ0v) is 20.9. The average Bonchev–Trinajstić information content (AvgIpc) is 2.72. The number of thioether (sulfide) groups is 1. The van der Waals surface area contributed by atoms with Crippen molar-refractivity contribution in [3.63, 3.8) is 0 Å². The molecule has 1 rings (SSSR count). The number of hydrogen-bond donors (Lipinski definition) is 4. The van der Waals surface area contributed by atoms with Crippen molar-refractivity contribution in [3.05, 3.63) is 58.7 Å². The molecule has 0 aliphatic carbocycles. The molecule has 1 aromatic rings. The number of amides is 1. The normalized spacial score (nSPS) is 12.8. The molecule has 4 N–H and O–H groups in total. The van der Waals surface area contributed by atoms with Crippen LogP contribution in [0.3, 0.4) is 0 Å². The smallest absolute Gasteiger partial charge is 0.327 e. The molecule has 0 fully saturated rings. The minimum Gasteiger partial charge on any atom is -0.504 e. The van der Waals surface area contributed by atoms with Gasteiger partial charge < -0.3 is 20.6 Å². The third kappa shape index (κ3) is 12.8. The zero-order valence-electron chi connectivity index (χ0n) is 20.1. The molecule has 0 saturated heterocycles. The number of carbonyl (C=O) groups is 2. The molecule has 182 valence electrons. The Morgan fingerprint density at radius 2 is 1.61 bits per heavy atom. The number of phenolic OH excluding ortho intramolecular Hbond substituents is 2. The summed E-state index contributed by atoms with van der Waals surface area (Å²) in [5, 5.41) is 30.8. The first-order valence-corrected chi connectivity index (χ1v) is 12.3. The number of nitrogens with one attached hydrogen (secondary N) is 1. The van der Waals surface area contributed by atoms with E-state index in [1.54, 1.807) is 0 Å². The summed E-state index contributed by atoms with van der Waals surface area (Å²) in [4.78, 5) is 23.7. The number of carboxylic acids is 1. The van der Waals surface area contributed by atoms with Crippen LogP contribution in [-0.2, 0) is 16.0 Å². The molecule has 0 aliphatic heterocycles. The van der Waals surface area contributed by atoms with Crippen molar-refractivity contribution in [3.8, 4) is 11.5 Å². The second kappa shape index (κ2) is 15.2. The monoisotopic (exact) mass is 475 g/mol. The summed E-state index contributed by atoms with van der Waals surface area (Å²) < 4.78 is 0. The fraction of sp³-hybridized carbons (Fsp3) is 0.462. The molecule has 0 unspecified atom stereocenters. The lowest BCUT2D eigenvalue weighted by Crippen LogP contribution is -2.43. The molecule has 1 amide bonds. The summed E-state index contributed by atoms with van der Waals surface area (Å²) in [6.07, 6.45) is 10.7. The lowest BCUT2D eigenvalue weighted by Gasteiger charge is -2.14. The zero-order chi connectivity index (χ0) is 24.8. The van der Waals surface area contributed by atoms with Gasteiger partial charge in [-0.3, -0.25) is 4.79 Å². The van der Waals surface area contributed by atoms with Crippen molar-refractivity contribution >= 4 is 23.6 Å². The van der Waals surface area contributed by atoms with E-state index in [2.05, 4.69) is 51.2 Å². The highest BCUT2D eigenvalue weighted by Gasteiger charge is 2.20. The fourth-order valence-corrected chi connectivity index (χ4v) is 4.01. The Balaban J connectivity index is 2.39. The third-order valence-corrected chi connectivity index (χ3v) is 5.97. The first kappa shape index (κ1) is 28.4. The number of hydrogen-bond acceptors (Lipinski definition) is 5. The number of aliphatic carboxylic acids is 1. The first-order valence-electron chi connectivity index (χ1n) is 11.1.